The number of piperidine rings is 1. The molecule has 25 heavy (non-hydrogen) atoms. The summed E-state index contributed by atoms with van der Waals surface area (Å²) in [5.74, 6) is 0. The van der Waals surface area contributed by atoms with Crippen LogP contribution >= 0.6 is 0 Å². The molecule has 5 rings (SSSR count). The van der Waals surface area contributed by atoms with Gasteiger partial charge >= 0.3 is 5.69 Å². The Morgan fingerprint density at radius 2 is 2.20 bits per heavy atom. The number of fused-ring (bicyclic) bond motifs is 3. The lowest BCUT2D eigenvalue weighted by Crippen LogP contribution is -2.44. The number of hydrogen-bond donors (Lipinski definition) is 2. The standard InChI is InChI=1S/C19H23N5O/c25-19-22-16-11-21-18-15(8-9-20-18)17(16)24(19)14-7-4-10-23(12-14)13-5-2-1-3-6-13/h2,5,8-9,11,13-14H,1,3-4,6-7,10,12H2,(H,20,21)(H,22,25)/t13?,14-/m1/s1. The minimum absolute atomic E-state index is 0.0171. The van der Waals surface area contributed by atoms with E-state index < -0.39 is 0 Å². The van der Waals surface area contributed by atoms with E-state index in [9.17, 15) is 4.79 Å². The van der Waals surface area contributed by atoms with Gasteiger partial charge in [-0.05, 0) is 44.7 Å². The number of pyridine rings is 1. The molecule has 0 bridgehead atoms. The second kappa shape index (κ2) is 5.88. The molecule has 0 aromatic carbocycles. The summed E-state index contributed by atoms with van der Waals surface area (Å²) in [6.45, 7) is 2.07. The Morgan fingerprint density at radius 1 is 1.24 bits per heavy atom. The van der Waals surface area contributed by atoms with Gasteiger partial charge in [0.1, 0.15) is 5.65 Å². The molecule has 1 aliphatic carbocycles. The molecule has 2 aliphatic rings. The second-order valence-electron chi connectivity index (χ2n) is 7.28. The maximum atomic E-state index is 12.7. The lowest BCUT2D eigenvalue weighted by molar-refractivity contribution is 0.139. The fourth-order valence-corrected chi connectivity index (χ4v) is 4.56. The first-order chi connectivity index (χ1) is 12.3. The number of rotatable bonds is 2. The molecule has 6 nitrogen and oxygen atoms in total. The van der Waals surface area contributed by atoms with E-state index in [0.717, 1.165) is 48.0 Å². The van der Waals surface area contributed by atoms with Crippen LogP contribution in [-0.2, 0) is 0 Å². The lowest BCUT2D eigenvalue weighted by Gasteiger charge is -2.38. The summed E-state index contributed by atoms with van der Waals surface area (Å²) in [5, 5.41) is 1.02. The van der Waals surface area contributed by atoms with Crippen LogP contribution < -0.4 is 5.69 Å². The molecule has 0 radical (unpaired) electrons. The molecule has 3 aromatic rings. The zero-order valence-corrected chi connectivity index (χ0v) is 14.2. The number of nitrogens with one attached hydrogen (secondary N) is 2. The third-order valence-electron chi connectivity index (χ3n) is 5.75. The Labute approximate surface area is 145 Å². The van der Waals surface area contributed by atoms with Gasteiger partial charge in [-0.1, -0.05) is 12.2 Å². The molecular formula is C19H23N5O. The van der Waals surface area contributed by atoms with Gasteiger partial charge in [0, 0.05) is 24.2 Å². The normalized spacial score (nSPS) is 25.1. The van der Waals surface area contributed by atoms with E-state index in [1.54, 1.807) is 6.20 Å². The summed E-state index contributed by atoms with van der Waals surface area (Å²) in [6, 6.07) is 2.76. The van der Waals surface area contributed by atoms with Gasteiger partial charge in [-0.2, -0.15) is 0 Å². The molecule has 0 saturated carbocycles. The summed E-state index contributed by atoms with van der Waals surface area (Å²) < 4.78 is 1.98. The molecular weight excluding hydrogens is 314 g/mol. The lowest BCUT2D eigenvalue weighted by atomic mass is 9.97. The number of aromatic amines is 2. The highest BCUT2D eigenvalue weighted by atomic mass is 16.1. The summed E-state index contributed by atoms with van der Waals surface area (Å²) in [6.07, 6.45) is 14.2. The molecule has 6 heteroatoms. The van der Waals surface area contributed by atoms with Crippen molar-refractivity contribution in [2.45, 2.75) is 44.2 Å². The average molecular weight is 337 g/mol. The van der Waals surface area contributed by atoms with E-state index >= 15 is 0 Å². The number of likely N-dealkylation sites (tertiary alicyclic amines) is 1. The maximum Gasteiger partial charge on any atom is 0.326 e. The van der Waals surface area contributed by atoms with E-state index in [1.807, 2.05) is 16.8 Å². The fourth-order valence-electron chi connectivity index (χ4n) is 4.56. The van der Waals surface area contributed by atoms with Crippen molar-refractivity contribution in [1.29, 1.82) is 0 Å². The van der Waals surface area contributed by atoms with E-state index in [2.05, 4.69) is 32.0 Å². The van der Waals surface area contributed by atoms with Crippen molar-refractivity contribution >= 4 is 22.1 Å². The highest BCUT2D eigenvalue weighted by Gasteiger charge is 2.28. The predicted octanol–water partition coefficient (Wildman–Crippen LogP) is 2.95. The van der Waals surface area contributed by atoms with Crippen LogP contribution in [0.3, 0.4) is 0 Å². The van der Waals surface area contributed by atoms with Crippen LogP contribution in [0, 0.1) is 0 Å². The van der Waals surface area contributed by atoms with Gasteiger partial charge in [-0.25, -0.2) is 9.78 Å². The van der Waals surface area contributed by atoms with Crippen LogP contribution in [0.2, 0.25) is 0 Å². The van der Waals surface area contributed by atoms with Crippen molar-refractivity contribution < 1.29 is 0 Å². The number of hydrogen-bond acceptors (Lipinski definition) is 3. The van der Waals surface area contributed by atoms with E-state index in [4.69, 9.17) is 0 Å². The first-order valence-electron chi connectivity index (χ1n) is 9.28. The predicted molar refractivity (Wildman–Crippen MR) is 98.8 cm³/mol. The van der Waals surface area contributed by atoms with Gasteiger partial charge in [0.25, 0.3) is 0 Å². The highest BCUT2D eigenvalue weighted by Crippen LogP contribution is 2.29. The third kappa shape index (κ3) is 2.43. The van der Waals surface area contributed by atoms with Crippen molar-refractivity contribution in [1.82, 2.24) is 24.4 Å². The van der Waals surface area contributed by atoms with Crippen LogP contribution in [-0.4, -0.2) is 43.6 Å². The second-order valence-corrected chi connectivity index (χ2v) is 7.28. The van der Waals surface area contributed by atoms with Gasteiger partial charge in [0.2, 0.25) is 0 Å². The van der Waals surface area contributed by atoms with Crippen LogP contribution in [0.4, 0.5) is 0 Å². The number of aromatic nitrogens is 4. The van der Waals surface area contributed by atoms with Crippen LogP contribution in [0.25, 0.3) is 22.1 Å². The fraction of sp³-hybridized carbons (Fsp3) is 0.474. The summed E-state index contributed by atoms with van der Waals surface area (Å²) >= 11 is 0. The highest BCUT2D eigenvalue weighted by molar-refractivity contribution is 6.00. The van der Waals surface area contributed by atoms with Gasteiger partial charge in [-0.15, -0.1) is 0 Å². The maximum absolute atomic E-state index is 12.7. The molecule has 130 valence electrons. The van der Waals surface area contributed by atoms with E-state index in [1.165, 1.54) is 19.3 Å². The zero-order chi connectivity index (χ0) is 16.8. The summed E-state index contributed by atoms with van der Waals surface area (Å²) in [4.78, 5) is 25.8. The quantitative estimate of drug-likeness (QED) is 0.706. The minimum Gasteiger partial charge on any atom is -0.346 e. The zero-order valence-electron chi connectivity index (χ0n) is 14.2. The van der Waals surface area contributed by atoms with Gasteiger partial charge < -0.3 is 9.97 Å². The summed E-state index contributed by atoms with van der Waals surface area (Å²) in [7, 11) is 0. The molecule has 0 amide bonds. The molecule has 2 N–H and O–H groups in total. The molecule has 0 spiro atoms. The molecule has 2 atom stereocenters. The molecule has 1 saturated heterocycles. The van der Waals surface area contributed by atoms with Gasteiger partial charge in [-0.3, -0.25) is 9.47 Å². The Morgan fingerprint density at radius 3 is 3.08 bits per heavy atom. The molecule has 3 aromatic heterocycles. The van der Waals surface area contributed by atoms with E-state index in [-0.39, 0.29) is 11.7 Å². The van der Waals surface area contributed by atoms with Crippen LogP contribution in [0.1, 0.15) is 38.1 Å². The smallest absolute Gasteiger partial charge is 0.326 e. The van der Waals surface area contributed by atoms with Crippen molar-refractivity contribution in [2.75, 3.05) is 13.1 Å². The van der Waals surface area contributed by atoms with Gasteiger partial charge in [0.15, 0.2) is 0 Å². The Kier molecular flexibility index (Phi) is 3.52. The Balaban J connectivity index is 1.57. The number of nitrogens with zero attached hydrogens (tertiary/aromatic N) is 3. The Bertz CT molecular complexity index is 994. The topological polar surface area (TPSA) is 69.7 Å². The van der Waals surface area contributed by atoms with Gasteiger partial charge in [0.05, 0.1) is 23.3 Å². The van der Waals surface area contributed by atoms with Crippen molar-refractivity contribution in [2.24, 2.45) is 0 Å². The van der Waals surface area contributed by atoms with E-state index in [0.29, 0.717) is 6.04 Å². The molecule has 1 fully saturated rings. The van der Waals surface area contributed by atoms with Crippen LogP contribution in [0.5, 0.6) is 0 Å². The average Bonchev–Trinajstić information content (AvgIpc) is 3.25. The third-order valence-corrected chi connectivity index (χ3v) is 5.75. The Hall–Kier alpha value is -2.34. The number of allylic oxidation sites excluding steroid dienone is 1. The molecule has 4 heterocycles. The first kappa shape index (κ1) is 15.0. The largest absolute Gasteiger partial charge is 0.346 e. The summed E-state index contributed by atoms with van der Waals surface area (Å²) in [5.41, 5.74) is 2.63. The van der Waals surface area contributed by atoms with Crippen molar-refractivity contribution in [3.8, 4) is 0 Å². The molecule has 1 unspecified atom stereocenters. The minimum atomic E-state index is -0.0171. The van der Waals surface area contributed by atoms with Crippen molar-refractivity contribution in [3.63, 3.8) is 0 Å². The SMILES string of the molecule is O=c1[nH]c2cnc3[nH]ccc3c2n1[C@@H]1CCCN(C2C=CCCC2)C1. The van der Waals surface area contributed by atoms with Crippen LogP contribution in [0.15, 0.2) is 35.4 Å². The van der Waals surface area contributed by atoms with Crippen molar-refractivity contribution in [3.05, 3.63) is 41.1 Å². The number of imidazole rings is 1. The monoisotopic (exact) mass is 337 g/mol. The number of H-pyrrole nitrogens is 2. The molecule has 1 aliphatic heterocycles. The first-order valence-corrected chi connectivity index (χ1v) is 9.28.